The first kappa shape index (κ1) is 11.5. The summed E-state index contributed by atoms with van der Waals surface area (Å²) in [5.74, 6) is -0.0703. The standard InChI is InChI=1S/C16H14N2O/c1-10(19)18-12-7-6-11-8-16(17)14-5-3-2-4-13(14)15(11)9-12/h2-9H,17H2,1H3,(H,18,19). The molecule has 0 saturated heterocycles. The lowest BCUT2D eigenvalue weighted by atomic mass is 10.00. The molecule has 0 aliphatic heterocycles. The number of fused-ring (bicyclic) bond motifs is 3. The number of nitrogen functional groups attached to an aromatic ring is 1. The molecule has 0 aliphatic carbocycles. The minimum Gasteiger partial charge on any atom is -0.398 e. The Morgan fingerprint density at radius 1 is 1.00 bits per heavy atom. The van der Waals surface area contributed by atoms with Crippen molar-refractivity contribution in [3.8, 4) is 0 Å². The maximum Gasteiger partial charge on any atom is 0.221 e. The number of nitrogens with one attached hydrogen (secondary N) is 1. The van der Waals surface area contributed by atoms with Crippen molar-refractivity contribution in [3.05, 3.63) is 48.5 Å². The summed E-state index contributed by atoms with van der Waals surface area (Å²) in [6, 6.07) is 15.8. The van der Waals surface area contributed by atoms with Gasteiger partial charge in [0.15, 0.2) is 0 Å². The van der Waals surface area contributed by atoms with Crippen LogP contribution in [0.4, 0.5) is 11.4 Å². The van der Waals surface area contributed by atoms with Crippen molar-refractivity contribution in [2.45, 2.75) is 6.92 Å². The van der Waals surface area contributed by atoms with E-state index < -0.39 is 0 Å². The van der Waals surface area contributed by atoms with Crippen LogP contribution in [0, 0.1) is 0 Å². The van der Waals surface area contributed by atoms with E-state index in [0.717, 1.165) is 32.9 Å². The van der Waals surface area contributed by atoms with E-state index in [2.05, 4.69) is 5.32 Å². The summed E-state index contributed by atoms with van der Waals surface area (Å²) >= 11 is 0. The first-order valence-corrected chi connectivity index (χ1v) is 6.14. The van der Waals surface area contributed by atoms with Crippen molar-refractivity contribution in [3.63, 3.8) is 0 Å². The Morgan fingerprint density at radius 2 is 1.74 bits per heavy atom. The van der Waals surface area contributed by atoms with Crippen LogP contribution in [0.2, 0.25) is 0 Å². The minimum absolute atomic E-state index is 0.0703. The number of hydrogen-bond donors (Lipinski definition) is 2. The molecule has 3 rings (SSSR count). The highest BCUT2D eigenvalue weighted by Gasteiger charge is 2.05. The Balaban J connectivity index is 2.34. The fraction of sp³-hybridized carbons (Fsp3) is 0.0625. The number of anilines is 2. The first-order valence-electron chi connectivity index (χ1n) is 6.14. The zero-order chi connectivity index (χ0) is 13.4. The molecule has 0 atom stereocenters. The van der Waals surface area contributed by atoms with Gasteiger partial charge in [0.05, 0.1) is 0 Å². The van der Waals surface area contributed by atoms with Crippen LogP contribution >= 0.6 is 0 Å². The summed E-state index contributed by atoms with van der Waals surface area (Å²) in [6.07, 6.45) is 0. The molecular formula is C16H14N2O. The highest BCUT2D eigenvalue weighted by molar-refractivity contribution is 6.13. The van der Waals surface area contributed by atoms with Gasteiger partial charge in [-0.15, -0.1) is 0 Å². The fourth-order valence-electron chi connectivity index (χ4n) is 2.41. The van der Waals surface area contributed by atoms with Crippen LogP contribution in [0.15, 0.2) is 48.5 Å². The highest BCUT2D eigenvalue weighted by Crippen LogP contribution is 2.31. The zero-order valence-corrected chi connectivity index (χ0v) is 10.6. The van der Waals surface area contributed by atoms with Gasteiger partial charge in [0, 0.05) is 23.7 Å². The maximum absolute atomic E-state index is 11.1. The Bertz CT molecular complexity index is 793. The van der Waals surface area contributed by atoms with Crippen molar-refractivity contribution in [2.24, 2.45) is 0 Å². The number of amides is 1. The van der Waals surface area contributed by atoms with E-state index in [1.165, 1.54) is 6.92 Å². The smallest absolute Gasteiger partial charge is 0.221 e. The molecule has 0 heterocycles. The third-order valence-corrected chi connectivity index (χ3v) is 3.21. The Hall–Kier alpha value is -2.55. The Kier molecular flexibility index (Phi) is 2.60. The van der Waals surface area contributed by atoms with Gasteiger partial charge in [-0.25, -0.2) is 0 Å². The van der Waals surface area contributed by atoms with Gasteiger partial charge in [-0.05, 0) is 34.4 Å². The summed E-state index contributed by atoms with van der Waals surface area (Å²) in [5.41, 5.74) is 7.65. The number of hydrogen-bond acceptors (Lipinski definition) is 2. The van der Waals surface area contributed by atoms with E-state index in [9.17, 15) is 4.79 Å². The van der Waals surface area contributed by atoms with Crippen LogP contribution in [0.25, 0.3) is 21.5 Å². The van der Waals surface area contributed by atoms with Crippen LogP contribution in [0.1, 0.15) is 6.92 Å². The molecule has 0 unspecified atom stereocenters. The van der Waals surface area contributed by atoms with E-state index in [0.29, 0.717) is 0 Å². The third kappa shape index (κ3) is 1.99. The van der Waals surface area contributed by atoms with Gasteiger partial charge in [-0.3, -0.25) is 4.79 Å². The summed E-state index contributed by atoms with van der Waals surface area (Å²) in [7, 11) is 0. The molecule has 94 valence electrons. The van der Waals surface area contributed by atoms with E-state index in [4.69, 9.17) is 5.73 Å². The molecule has 0 aromatic heterocycles. The van der Waals surface area contributed by atoms with Gasteiger partial charge in [-0.1, -0.05) is 30.3 Å². The lowest BCUT2D eigenvalue weighted by molar-refractivity contribution is -0.114. The molecule has 0 saturated carbocycles. The molecule has 3 heteroatoms. The molecule has 19 heavy (non-hydrogen) atoms. The van der Waals surface area contributed by atoms with Gasteiger partial charge < -0.3 is 11.1 Å². The van der Waals surface area contributed by atoms with Gasteiger partial charge in [0.25, 0.3) is 0 Å². The summed E-state index contributed by atoms with van der Waals surface area (Å²) < 4.78 is 0. The second-order valence-corrected chi connectivity index (χ2v) is 4.63. The molecule has 1 amide bonds. The van der Waals surface area contributed by atoms with Crippen molar-refractivity contribution in [1.82, 2.24) is 0 Å². The SMILES string of the molecule is CC(=O)Nc1ccc2cc(N)c3ccccc3c2c1. The highest BCUT2D eigenvalue weighted by atomic mass is 16.1. The largest absolute Gasteiger partial charge is 0.398 e. The Morgan fingerprint density at radius 3 is 2.47 bits per heavy atom. The second kappa shape index (κ2) is 4.28. The van der Waals surface area contributed by atoms with Crippen molar-refractivity contribution in [1.29, 1.82) is 0 Å². The molecule has 0 radical (unpaired) electrons. The summed E-state index contributed by atoms with van der Waals surface area (Å²) in [6.45, 7) is 1.51. The maximum atomic E-state index is 11.1. The number of carbonyl (C=O) groups excluding carboxylic acids is 1. The van der Waals surface area contributed by atoms with Crippen LogP contribution < -0.4 is 11.1 Å². The van der Waals surface area contributed by atoms with Crippen molar-refractivity contribution in [2.75, 3.05) is 11.1 Å². The first-order chi connectivity index (χ1) is 9.15. The van der Waals surface area contributed by atoms with Gasteiger partial charge in [0.1, 0.15) is 0 Å². The van der Waals surface area contributed by atoms with Gasteiger partial charge in [0.2, 0.25) is 5.91 Å². The van der Waals surface area contributed by atoms with Crippen molar-refractivity contribution >= 4 is 38.8 Å². The summed E-state index contributed by atoms with van der Waals surface area (Å²) in [4.78, 5) is 11.1. The molecule has 0 spiro atoms. The summed E-state index contributed by atoms with van der Waals surface area (Å²) in [5, 5.41) is 7.11. The fourth-order valence-corrected chi connectivity index (χ4v) is 2.41. The second-order valence-electron chi connectivity index (χ2n) is 4.63. The van der Waals surface area contributed by atoms with Crippen LogP contribution in [0.5, 0.6) is 0 Å². The third-order valence-electron chi connectivity index (χ3n) is 3.21. The monoisotopic (exact) mass is 250 g/mol. The number of benzene rings is 3. The predicted molar refractivity (Wildman–Crippen MR) is 80.2 cm³/mol. The van der Waals surface area contributed by atoms with Crippen LogP contribution in [0.3, 0.4) is 0 Å². The average molecular weight is 250 g/mol. The predicted octanol–water partition coefficient (Wildman–Crippen LogP) is 3.53. The molecule has 0 fully saturated rings. The van der Waals surface area contributed by atoms with Crippen molar-refractivity contribution < 1.29 is 4.79 Å². The van der Waals surface area contributed by atoms with E-state index in [1.807, 2.05) is 48.5 Å². The molecule has 0 bridgehead atoms. The van der Waals surface area contributed by atoms with Crippen LogP contribution in [-0.2, 0) is 4.79 Å². The molecular weight excluding hydrogens is 236 g/mol. The van der Waals surface area contributed by atoms with Crippen LogP contribution in [-0.4, -0.2) is 5.91 Å². The average Bonchev–Trinajstić information content (AvgIpc) is 2.39. The number of carbonyl (C=O) groups is 1. The Labute approximate surface area is 111 Å². The lowest BCUT2D eigenvalue weighted by Gasteiger charge is -2.09. The lowest BCUT2D eigenvalue weighted by Crippen LogP contribution is -2.05. The molecule has 0 aliphatic rings. The van der Waals surface area contributed by atoms with E-state index >= 15 is 0 Å². The zero-order valence-electron chi connectivity index (χ0n) is 10.6. The molecule has 3 N–H and O–H groups in total. The van der Waals surface area contributed by atoms with Gasteiger partial charge >= 0.3 is 0 Å². The quantitative estimate of drug-likeness (QED) is 0.512. The van der Waals surface area contributed by atoms with E-state index in [1.54, 1.807) is 0 Å². The number of nitrogens with two attached hydrogens (primary N) is 1. The number of rotatable bonds is 1. The molecule has 3 aromatic carbocycles. The molecule has 3 nitrogen and oxygen atoms in total. The van der Waals surface area contributed by atoms with E-state index in [-0.39, 0.29) is 5.91 Å². The van der Waals surface area contributed by atoms with Gasteiger partial charge in [-0.2, -0.15) is 0 Å². The topological polar surface area (TPSA) is 55.1 Å². The minimum atomic E-state index is -0.0703. The molecule has 3 aromatic rings. The normalized spacial score (nSPS) is 10.8.